The highest BCUT2D eigenvalue weighted by Gasteiger charge is 2.17. The third kappa shape index (κ3) is 5.27. The van der Waals surface area contributed by atoms with Crippen LogP contribution >= 0.6 is 34.5 Å². The van der Waals surface area contributed by atoms with Gasteiger partial charge >= 0.3 is 0 Å². The standard InChI is InChI=1S/C19H20Cl2N4O3S/c1-11-14-8-16(18(27)23-9-17(26)22-5-6-28-2)29-19(14)25(24-11)10-12-3-4-13(20)7-15(12)21/h3-4,7-8H,5-6,9-10H2,1-2H3,(H,22,26)(H,23,27). The number of methoxy groups -OCH3 is 1. The topological polar surface area (TPSA) is 85.2 Å². The first-order valence-electron chi connectivity index (χ1n) is 8.83. The van der Waals surface area contributed by atoms with Crippen LogP contribution in [0.4, 0.5) is 0 Å². The minimum atomic E-state index is -0.302. The van der Waals surface area contributed by atoms with Crippen LogP contribution < -0.4 is 10.6 Å². The van der Waals surface area contributed by atoms with E-state index in [1.165, 1.54) is 11.3 Å². The Balaban J connectivity index is 1.72. The Bertz CT molecular complexity index is 1050. The minimum absolute atomic E-state index is 0.0950. The molecule has 3 rings (SSSR count). The fourth-order valence-electron chi connectivity index (χ4n) is 2.75. The quantitative estimate of drug-likeness (QED) is 0.511. The van der Waals surface area contributed by atoms with Crippen LogP contribution in [0.2, 0.25) is 10.0 Å². The molecule has 0 aliphatic heterocycles. The van der Waals surface area contributed by atoms with Gasteiger partial charge in [-0.05, 0) is 30.7 Å². The van der Waals surface area contributed by atoms with Crippen molar-refractivity contribution < 1.29 is 14.3 Å². The largest absolute Gasteiger partial charge is 0.383 e. The number of rotatable bonds is 8. The normalized spacial score (nSPS) is 11.0. The van der Waals surface area contributed by atoms with Gasteiger partial charge in [0.05, 0.1) is 30.3 Å². The smallest absolute Gasteiger partial charge is 0.261 e. The number of ether oxygens (including phenoxy) is 1. The first-order valence-corrected chi connectivity index (χ1v) is 10.4. The number of halogens is 2. The van der Waals surface area contributed by atoms with Crippen molar-refractivity contribution in [3.05, 3.63) is 50.4 Å². The van der Waals surface area contributed by atoms with Gasteiger partial charge in [0, 0.05) is 29.1 Å². The third-order valence-electron chi connectivity index (χ3n) is 4.20. The number of fused-ring (bicyclic) bond motifs is 1. The zero-order valence-electron chi connectivity index (χ0n) is 15.9. The Labute approximate surface area is 181 Å². The van der Waals surface area contributed by atoms with E-state index in [4.69, 9.17) is 27.9 Å². The van der Waals surface area contributed by atoms with Crippen LogP contribution in [0.3, 0.4) is 0 Å². The number of aromatic nitrogens is 2. The lowest BCUT2D eigenvalue weighted by atomic mass is 10.2. The van der Waals surface area contributed by atoms with Crippen LogP contribution in [0.1, 0.15) is 20.9 Å². The molecule has 0 saturated heterocycles. The molecule has 2 aromatic heterocycles. The molecule has 7 nitrogen and oxygen atoms in total. The molecule has 29 heavy (non-hydrogen) atoms. The van der Waals surface area contributed by atoms with Crippen LogP contribution in [-0.4, -0.2) is 48.4 Å². The van der Waals surface area contributed by atoms with Gasteiger partial charge in [0.15, 0.2) is 0 Å². The molecule has 1 aromatic carbocycles. The molecule has 154 valence electrons. The summed E-state index contributed by atoms with van der Waals surface area (Å²) < 4.78 is 6.68. The summed E-state index contributed by atoms with van der Waals surface area (Å²) in [4.78, 5) is 25.6. The van der Waals surface area contributed by atoms with Gasteiger partial charge in [-0.3, -0.25) is 14.3 Å². The lowest BCUT2D eigenvalue weighted by Gasteiger charge is -2.06. The number of nitrogens with zero attached hydrogens (tertiary/aromatic N) is 2. The van der Waals surface area contributed by atoms with Crippen molar-refractivity contribution in [3.8, 4) is 0 Å². The third-order valence-corrected chi connectivity index (χ3v) is 5.94. The van der Waals surface area contributed by atoms with E-state index < -0.39 is 0 Å². The average molecular weight is 455 g/mol. The molecule has 0 spiro atoms. The van der Waals surface area contributed by atoms with Gasteiger partial charge < -0.3 is 15.4 Å². The summed E-state index contributed by atoms with van der Waals surface area (Å²) in [5, 5.41) is 11.9. The number of benzene rings is 1. The Morgan fingerprint density at radius 1 is 1.24 bits per heavy atom. The van der Waals surface area contributed by atoms with Crippen molar-refractivity contribution in [1.82, 2.24) is 20.4 Å². The fourth-order valence-corrected chi connectivity index (χ4v) is 4.29. The zero-order valence-corrected chi connectivity index (χ0v) is 18.2. The van der Waals surface area contributed by atoms with Gasteiger partial charge in [-0.25, -0.2) is 0 Å². The number of thiophene rings is 1. The summed E-state index contributed by atoms with van der Waals surface area (Å²) in [6.45, 7) is 3.08. The van der Waals surface area contributed by atoms with E-state index in [1.807, 2.05) is 17.7 Å². The maximum Gasteiger partial charge on any atom is 0.261 e. The molecule has 2 amide bonds. The molecular formula is C19H20Cl2N4O3S. The van der Waals surface area contributed by atoms with E-state index in [0.29, 0.717) is 34.6 Å². The average Bonchev–Trinajstić information content (AvgIpc) is 3.24. The molecule has 3 aromatic rings. The van der Waals surface area contributed by atoms with Gasteiger partial charge in [-0.2, -0.15) is 5.10 Å². The summed E-state index contributed by atoms with van der Waals surface area (Å²) in [7, 11) is 1.55. The maximum atomic E-state index is 12.4. The lowest BCUT2D eigenvalue weighted by molar-refractivity contribution is -0.120. The Hall–Kier alpha value is -2.13. The van der Waals surface area contributed by atoms with Crippen LogP contribution in [0.15, 0.2) is 24.3 Å². The number of amides is 2. The highest BCUT2D eigenvalue weighted by atomic mass is 35.5. The SMILES string of the molecule is COCCNC(=O)CNC(=O)c1cc2c(C)nn(Cc3ccc(Cl)cc3Cl)c2s1. The molecule has 0 radical (unpaired) electrons. The van der Waals surface area contributed by atoms with Crippen molar-refractivity contribution in [2.45, 2.75) is 13.5 Å². The summed E-state index contributed by atoms with van der Waals surface area (Å²) in [5.74, 6) is -0.570. The molecular weight excluding hydrogens is 435 g/mol. The van der Waals surface area contributed by atoms with Gasteiger partial charge in [0.2, 0.25) is 5.91 Å². The van der Waals surface area contributed by atoms with Crippen LogP contribution in [-0.2, 0) is 16.1 Å². The van der Waals surface area contributed by atoms with E-state index in [2.05, 4.69) is 15.7 Å². The first kappa shape index (κ1) is 21.6. The van der Waals surface area contributed by atoms with Gasteiger partial charge in [-0.1, -0.05) is 29.3 Å². The highest BCUT2D eigenvalue weighted by Crippen LogP contribution is 2.30. The number of carbonyl (C=O) groups is 2. The zero-order chi connectivity index (χ0) is 21.0. The molecule has 0 bridgehead atoms. The number of hydrogen-bond donors (Lipinski definition) is 2. The monoisotopic (exact) mass is 454 g/mol. The number of nitrogens with one attached hydrogen (secondary N) is 2. The second-order valence-electron chi connectivity index (χ2n) is 6.33. The van der Waals surface area contributed by atoms with Crippen LogP contribution in [0.25, 0.3) is 10.2 Å². The van der Waals surface area contributed by atoms with Gasteiger partial charge in [-0.15, -0.1) is 11.3 Å². The predicted octanol–water partition coefficient (Wildman–Crippen LogP) is 3.25. The summed E-state index contributed by atoms with van der Waals surface area (Å²) in [5.41, 5.74) is 1.70. The van der Waals surface area contributed by atoms with Gasteiger partial charge in [0.1, 0.15) is 4.83 Å². The summed E-state index contributed by atoms with van der Waals surface area (Å²) in [6, 6.07) is 7.12. The van der Waals surface area contributed by atoms with E-state index >= 15 is 0 Å². The lowest BCUT2D eigenvalue weighted by Crippen LogP contribution is -2.37. The molecule has 0 aliphatic carbocycles. The Kier molecular flexibility index (Phi) is 7.13. The maximum absolute atomic E-state index is 12.4. The number of aryl methyl sites for hydroxylation is 1. The molecule has 0 unspecified atom stereocenters. The van der Waals surface area contributed by atoms with E-state index in [-0.39, 0.29) is 18.4 Å². The molecule has 0 atom stereocenters. The van der Waals surface area contributed by atoms with Crippen molar-refractivity contribution >= 4 is 56.6 Å². The van der Waals surface area contributed by atoms with Crippen molar-refractivity contribution in [2.75, 3.05) is 26.8 Å². The summed E-state index contributed by atoms with van der Waals surface area (Å²) >= 11 is 13.6. The number of hydrogen-bond acceptors (Lipinski definition) is 5. The van der Waals surface area contributed by atoms with E-state index in [1.54, 1.807) is 25.3 Å². The Morgan fingerprint density at radius 3 is 2.76 bits per heavy atom. The Morgan fingerprint density at radius 2 is 2.03 bits per heavy atom. The van der Waals surface area contributed by atoms with Crippen molar-refractivity contribution in [1.29, 1.82) is 0 Å². The second-order valence-corrected chi connectivity index (χ2v) is 8.21. The molecule has 0 fully saturated rings. The summed E-state index contributed by atoms with van der Waals surface area (Å²) in [6.07, 6.45) is 0. The minimum Gasteiger partial charge on any atom is -0.383 e. The predicted molar refractivity (Wildman–Crippen MR) is 115 cm³/mol. The first-order chi connectivity index (χ1) is 13.9. The second kappa shape index (κ2) is 9.58. The molecule has 0 saturated carbocycles. The molecule has 0 aliphatic rings. The van der Waals surface area contributed by atoms with Crippen LogP contribution in [0, 0.1) is 6.92 Å². The van der Waals surface area contributed by atoms with Crippen molar-refractivity contribution in [2.24, 2.45) is 0 Å². The van der Waals surface area contributed by atoms with Crippen molar-refractivity contribution in [3.63, 3.8) is 0 Å². The molecule has 2 heterocycles. The van der Waals surface area contributed by atoms with E-state index in [9.17, 15) is 9.59 Å². The van der Waals surface area contributed by atoms with Crippen LogP contribution in [0.5, 0.6) is 0 Å². The highest BCUT2D eigenvalue weighted by molar-refractivity contribution is 7.20. The van der Waals surface area contributed by atoms with E-state index in [0.717, 1.165) is 21.5 Å². The molecule has 10 heteroatoms. The fraction of sp³-hybridized carbons (Fsp3) is 0.316. The molecule has 2 N–H and O–H groups in total. The van der Waals surface area contributed by atoms with Gasteiger partial charge in [0.25, 0.3) is 5.91 Å². The number of carbonyl (C=O) groups excluding carboxylic acids is 2.